The summed E-state index contributed by atoms with van der Waals surface area (Å²) in [6.07, 6.45) is -8.02. The van der Waals surface area contributed by atoms with Crippen molar-refractivity contribution in [2.45, 2.75) is 64.9 Å². The Balaban J connectivity index is 7.08. The van der Waals surface area contributed by atoms with E-state index in [9.17, 15) is 92.2 Å². The largest absolute Gasteiger partial charge is 0.460 e. The van der Waals surface area contributed by atoms with Crippen molar-refractivity contribution in [1.29, 1.82) is 0 Å². The van der Waals surface area contributed by atoms with E-state index in [1.807, 2.05) is 12.6 Å². The normalized spacial score (nSPS) is 17.7. The molecule has 0 aromatic heterocycles. The standard InChI is InChI=1S/C11H3F21OS/c12-2(13,1(33)34)3(14,15)4(16,17)5(18,19)6(20,21)7(22,23)8(24,25)9(26,27)10(28,29)11(30,31)32/h1,33-34H. The van der Waals surface area contributed by atoms with Gasteiger partial charge in [-0.05, 0) is 0 Å². The maximum atomic E-state index is 13.3. The van der Waals surface area contributed by atoms with Gasteiger partial charge in [-0.15, -0.1) is 12.6 Å². The molecule has 1 unspecified atom stereocenters. The number of halogens is 21. The summed E-state index contributed by atoms with van der Waals surface area (Å²) in [7, 11) is 0. The summed E-state index contributed by atoms with van der Waals surface area (Å²) in [5, 5.41) is 8.12. The Hall–Kier alpha value is -1.16. The molecule has 1 atom stereocenters. The van der Waals surface area contributed by atoms with Crippen LogP contribution in [0.15, 0.2) is 0 Å². The molecule has 0 saturated heterocycles. The molecule has 0 aliphatic rings. The highest BCUT2D eigenvalue weighted by Gasteiger charge is 2.98. The first-order valence-electron chi connectivity index (χ1n) is 7.02. The number of hydrogen-bond donors (Lipinski definition) is 2. The van der Waals surface area contributed by atoms with Gasteiger partial charge < -0.3 is 5.11 Å². The third-order valence-electron chi connectivity index (χ3n) is 3.86. The molecule has 1 N–H and O–H groups in total. The molecule has 0 spiro atoms. The molecule has 0 aliphatic heterocycles. The molecule has 0 aromatic carbocycles. The third-order valence-corrected chi connectivity index (χ3v) is 4.18. The minimum Gasteiger partial charge on any atom is -0.376 e. The number of thiol groups is 1. The summed E-state index contributed by atoms with van der Waals surface area (Å²) < 4.78 is 271. The summed E-state index contributed by atoms with van der Waals surface area (Å²) in [5.41, 5.74) is -4.51. The second-order valence-electron chi connectivity index (χ2n) is 6.09. The van der Waals surface area contributed by atoms with Gasteiger partial charge >= 0.3 is 59.5 Å². The number of rotatable bonds is 9. The first kappa shape index (κ1) is 32.8. The lowest BCUT2D eigenvalue weighted by Gasteiger charge is -2.44. The molecule has 0 bridgehead atoms. The smallest absolute Gasteiger partial charge is 0.376 e. The van der Waals surface area contributed by atoms with Crippen LogP contribution in [0.1, 0.15) is 0 Å². The van der Waals surface area contributed by atoms with Gasteiger partial charge in [0.1, 0.15) is 0 Å². The van der Waals surface area contributed by atoms with Crippen LogP contribution in [-0.4, -0.2) is 70.0 Å². The van der Waals surface area contributed by atoms with Gasteiger partial charge in [0.05, 0.1) is 0 Å². The van der Waals surface area contributed by atoms with E-state index < -0.39 is 64.9 Å². The molecule has 1 nitrogen and oxygen atoms in total. The molecule has 206 valence electrons. The zero-order valence-electron chi connectivity index (χ0n) is 14.4. The molecule has 0 heterocycles. The molecule has 0 aromatic rings. The van der Waals surface area contributed by atoms with Gasteiger partial charge in [-0.25, -0.2) is 0 Å². The summed E-state index contributed by atoms with van der Waals surface area (Å²) in [5.74, 6) is -77.9. The fraction of sp³-hybridized carbons (Fsp3) is 1.00. The Bertz CT molecular complexity index is 748. The van der Waals surface area contributed by atoms with E-state index in [0.717, 1.165) is 0 Å². The Morgan fingerprint density at radius 2 is 0.529 bits per heavy atom. The maximum absolute atomic E-state index is 13.3. The van der Waals surface area contributed by atoms with Crippen LogP contribution in [-0.2, 0) is 0 Å². The van der Waals surface area contributed by atoms with Crippen molar-refractivity contribution < 1.29 is 97.3 Å². The summed E-state index contributed by atoms with van der Waals surface area (Å²) >= 11 is 1.97. The molecular weight excluding hydrogens is 579 g/mol. The van der Waals surface area contributed by atoms with E-state index in [-0.39, 0.29) is 0 Å². The molecule has 0 fully saturated rings. The third kappa shape index (κ3) is 3.73. The van der Waals surface area contributed by atoms with Crippen LogP contribution >= 0.6 is 12.6 Å². The average Bonchev–Trinajstić information content (AvgIpc) is 2.58. The summed E-state index contributed by atoms with van der Waals surface area (Å²) in [6, 6.07) is 0. The lowest BCUT2D eigenvalue weighted by molar-refractivity contribution is -0.474. The molecule has 0 amide bonds. The molecule has 34 heavy (non-hydrogen) atoms. The van der Waals surface area contributed by atoms with Crippen molar-refractivity contribution in [1.82, 2.24) is 0 Å². The van der Waals surface area contributed by atoms with Gasteiger partial charge in [-0.1, -0.05) is 0 Å². The molecule has 23 heteroatoms. The van der Waals surface area contributed by atoms with E-state index in [2.05, 4.69) is 0 Å². The van der Waals surface area contributed by atoms with Crippen LogP contribution < -0.4 is 0 Å². The van der Waals surface area contributed by atoms with Crippen LogP contribution in [0.5, 0.6) is 0 Å². The predicted molar refractivity (Wildman–Crippen MR) is 65.6 cm³/mol. The fourth-order valence-electron chi connectivity index (χ4n) is 1.73. The van der Waals surface area contributed by atoms with Gasteiger partial charge in [0.2, 0.25) is 0 Å². The lowest BCUT2D eigenvalue weighted by Crippen LogP contribution is -2.77. The van der Waals surface area contributed by atoms with Crippen LogP contribution in [0.2, 0.25) is 0 Å². The quantitative estimate of drug-likeness (QED) is 0.181. The van der Waals surface area contributed by atoms with Gasteiger partial charge in [0.15, 0.2) is 5.44 Å². The van der Waals surface area contributed by atoms with Gasteiger partial charge in [0.25, 0.3) is 0 Å². The summed E-state index contributed by atoms with van der Waals surface area (Å²) in [6.45, 7) is 0. The van der Waals surface area contributed by atoms with E-state index in [1.54, 1.807) is 0 Å². The first-order chi connectivity index (χ1) is 14.2. The van der Waals surface area contributed by atoms with E-state index in [0.29, 0.717) is 0 Å². The second kappa shape index (κ2) is 7.92. The molecule has 0 saturated carbocycles. The van der Waals surface area contributed by atoms with Crippen molar-refractivity contribution in [2.75, 3.05) is 0 Å². The van der Waals surface area contributed by atoms with Crippen molar-refractivity contribution >= 4 is 12.6 Å². The van der Waals surface area contributed by atoms with Crippen LogP contribution in [0.25, 0.3) is 0 Å². The van der Waals surface area contributed by atoms with Gasteiger partial charge in [-0.2, -0.15) is 92.2 Å². The molecule has 0 radical (unpaired) electrons. The Morgan fingerprint density at radius 1 is 0.353 bits per heavy atom. The number of alkyl halides is 21. The predicted octanol–water partition coefficient (Wildman–Crippen LogP) is 6.51. The molecular formula is C11H3F21OS. The van der Waals surface area contributed by atoms with Crippen molar-refractivity contribution in [3.05, 3.63) is 0 Å². The highest BCUT2D eigenvalue weighted by Crippen LogP contribution is 2.66. The SMILES string of the molecule is OC(S)C(F)(F)C(F)(F)C(F)(F)C(F)(F)C(F)(F)C(F)(F)C(F)(F)C(F)(F)C(F)(F)C(F)(F)F. The highest BCUT2D eigenvalue weighted by atomic mass is 32.1. The van der Waals surface area contributed by atoms with Gasteiger partial charge in [0, 0.05) is 0 Å². The van der Waals surface area contributed by atoms with E-state index >= 15 is 0 Å². The summed E-state index contributed by atoms with van der Waals surface area (Å²) in [4.78, 5) is 0. The van der Waals surface area contributed by atoms with Crippen LogP contribution in [0, 0.1) is 0 Å². The van der Waals surface area contributed by atoms with Crippen LogP contribution in [0.3, 0.4) is 0 Å². The van der Waals surface area contributed by atoms with Gasteiger partial charge in [-0.3, -0.25) is 0 Å². The minimum atomic E-state index is -9.21. The first-order valence-corrected chi connectivity index (χ1v) is 7.54. The molecule has 0 aliphatic carbocycles. The fourth-order valence-corrected chi connectivity index (χ4v) is 1.89. The Morgan fingerprint density at radius 3 is 0.706 bits per heavy atom. The highest BCUT2D eigenvalue weighted by molar-refractivity contribution is 7.80. The Kier molecular flexibility index (Phi) is 7.65. The second-order valence-corrected chi connectivity index (χ2v) is 6.58. The number of aliphatic hydroxyl groups excluding tert-OH is 1. The average molecular weight is 582 g/mol. The van der Waals surface area contributed by atoms with E-state index in [4.69, 9.17) is 5.11 Å². The topological polar surface area (TPSA) is 20.2 Å². The minimum absolute atomic E-state index is 1.97. The van der Waals surface area contributed by atoms with E-state index in [1.165, 1.54) is 0 Å². The Labute approximate surface area is 176 Å². The zero-order chi connectivity index (χ0) is 28.6. The molecule has 0 rings (SSSR count). The number of hydrogen-bond acceptors (Lipinski definition) is 2. The van der Waals surface area contributed by atoms with Crippen LogP contribution in [0.4, 0.5) is 92.2 Å². The van der Waals surface area contributed by atoms with Crippen molar-refractivity contribution in [3.8, 4) is 0 Å². The van der Waals surface area contributed by atoms with Crippen molar-refractivity contribution in [2.24, 2.45) is 0 Å². The lowest BCUT2D eigenvalue weighted by atomic mass is 9.86. The van der Waals surface area contributed by atoms with Crippen molar-refractivity contribution in [3.63, 3.8) is 0 Å². The maximum Gasteiger partial charge on any atom is 0.460 e. The monoisotopic (exact) mass is 582 g/mol. The zero-order valence-corrected chi connectivity index (χ0v) is 15.3. The number of aliphatic hydroxyl groups is 1.